The molecule has 3 rings (SSSR count). The largest absolute Gasteiger partial charge is 0.356 e. The summed E-state index contributed by atoms with van der Waals surface area (Å²) in [5.41, 5.74) is 1.18. The van der Waals surface area contributed by atoms with Gasteiger partial charge in [-0.15, -0.1) is 0 Å². The second-order valence-electron chi connectivity index (χ2n) is 8.02. The first-order valence-corrected chi connectivity index (χ1v) is 11.6. The molecule has 1 heterocycles. The van der Waals surface area contributed by atoms with E-state index in [1.165, 1.54) is 12.8 Å². The first-order valence-electron chi connectivity index (χ1n) is 11.2. The van der Waals surface area contributed by atoms with Gasteiger partial charge in [0.2, 0.25) is 11.8 Å². The molecule has 0 saturated carbocycles. The van der Waals surface area contributed by atoms with Crippen molar-refractivity contribution >= 4 is 29.3 Å². The highest BCUT2D eigenvalue weighted by molar-refractivity contribution is 6.33. The van der Waals surface area contributed by atoms with Crippen molar-refractivity contribution in [2.75, 3.05) is 19.6 Å². The molecular formula is C25H30ClN3O3. The zero-order valence-electron chi connectivity index (χ0n) is 18.2. The van der Waals surface area contributed by atoms with E-state index in [4.69, 9.17) is 11.6 Å². The Bertz CT molecular complexity index is 912. The molecule has 2 N–H and O–H groups in total. The molecular weight excluding hydrogens is 426 g/mol. The first kappa shape index (κ1) is 23.8. The average molecular weight is 456 g/mol. The topological polar surface area (TPSA) is 78.5 Å². The highest BCUT2D eigenvalue weighted by Gasteiger charge is 2.21. The van der Waals surface area contributed by atoms with Crippen molar-refractivity contribution < 1.29 is 14.4 Å². The summed E-state index contributed by atoms with van der Waals surface area (Å²) >= 11 is 6.15. The number of hydrogen-bond acceptors (Lipinski definition) is 3. The van der Waals surface area contributed by atoms with Gasteiger partial charge in [0.05, 0.1) is 23.0 Å². The maximum atomic E-state index is 12.8. The molecule has 1 fully saturated rings. The van der Waals surface area contributed by atoms with Crippen LogP contribution in [0.1, 0.15) is 60.5 Å². The Labute approximate surface area is 194 Å². The summed E-state index contributed by atoms with van der Waals surface area (Å²) in [7, 11) is 0. The zero-order chi connectivity index (χ0) is 22.8. The summed E-state index contributed by atoms with van der Waals surface area (Å²) in [4.78, 5) is 39.7. The van der Waals surface area contributed by atoms with Gasteiger partial charge in [-0.2, -0.15) is 0 Å². The Kier molecular flexibility index (Phi) is 9.11. The van der Waals surface area contributed by atoms with Gasteiger partial charge in [0.25, 0.3) is 5.91 Å². The number of likely N-dealkylation sites (tertiary alicyclic amines) is 1. The van der Waals surface area contributed by atoms with E-state index in [0.29, 0.717) is 10.6 Å². The van der Waals surface area contributed by atoms with Crippen molar-refractivity contribution in [2.24, 2.45) is 0 Å². The number of nitrogens with one attached hydrogen (secondary N) is 2. The van der Waals surface area contributed by atoms with Crippen molar-refractivity contribution in [1.29, 1.82) is 0 Å². The van der Waals surface area contributed by atoms with E-state index in [2.05, 4.69) is 10.6 Å². The summed E-state index contributed by atoms with van der Waals surface area (Å²) in [6.07, 6.45) is 4.78. The number of hydrogen-bond donors (Lipinski definition) is 2. The smallest absolute Gasteiger partial charge is 0.253 e. The lowest BCUT2D eigenvalue weighted by Gasteiger charge is -2.21. The van der Waals surface area contributed by atoms with E-state index in [1.807, 2.05) is 35.2 Å². The molecule has 7 heteroatoms. The van der Waals surface area contributed by atoms with Crippen molar-refractivity contribution in [3.63, 3.8) is 0 Å². The van der Waals surface area contributed by atoms with Crippen LogP contribution in [0.4, 0.5) is 0 Å². The van der Waals surface area contributed by atoms with Crippen LogP contribution in [0, 0.1) is 0 Å². The summed E-state index contributed by atoms with van der Waals surface area (Å²) in [5, 5.41) is 6.10. The van der Waals surface area contributed by atoms with Crippen LogP contribution in [0.2, 0.25) is 5.02 Å². The van der Waals surface area contributed by atoms with Crippen LogP contribution in [0.3, 0.4) is 0 Å². The first-order chi connectivity index (χ1) is 15.5. The quantitative estimate of drug-likeness (QED) is 0.628. The molecule has 0 bridgehead atoms. The van der Waals surface area contributed by atoms with Gasteiger partial charge in [-0.1, -0.05) is 66.9 Å². The molecule has 0 aliphatic carbocycles. The lowest BCUT2D eigenvalue weighted by atomic mass is 10.0. The second-order valence-corrected chi connectivity index (χ2v) is 8.42. The summed E-state index contributed by atoms with van der Waals surface area (Å²) in [6.45, 7) is 1.89. The van der Waals surface area contributed by atoms with Crippen LogP contribution in [0.15, 0.2) is 54.6 Å². The Morgan fingerprint density at radius 2 is 1.56 bits per heavy atom. The van der Waals surface area contributed by atoms with Crippen molar-refractivity contribution in [3.8, 4) is 0 Å². The minimum absolute atomic E-state index is 0.0676. The van der Waals surface area contributed by atoms with E-state index in [9.17, 15) is 14.4 Å². The molecule has 1 aliphatic heterocycles. The number of halogens is 1. The standard InChI is InChI=1S/C25H30ClN3O3/c26-21-13-7-6-12-20(21)25(32)28-22(19-10-4-3-5-11-19)18-23(30)27-15-14-24(31)29-16-8-1-2-9-17-29/h3-7,10-13,22H,1-2,8-9,14-18H2,(H,27,30)(H,28,32). The lowest BCUT2D eigenvalue weighted by Crippen LogP contribution is -2.37. The van der Waals surface area contributed by atoms with Gasteiger partial charge in [0.15, 0.2) is 0 Å². The number of rotatable bonds is 8. The normalized spacial score (nSPS) is 14.8. The molecule has 0 radical (unpaired) electrons. The Balaban J connectivity index is 1.56. The minimum Gasteiger partial charge on any atom is -0.356 e. The lowest BCUT2D eigenvalue weighted by molar-refractivity contribution is -0.131. The molecule has 32 heavy (non-hydrogen) atoms. The molecule has 1 saturated heterocycles. The number of carbonyl (C=O) groups is 3. The average Bonchev–Trinajstić information content (AvgIpc) is 3.09. The molecule has 6 nitrogen and oxygen atoms in total. The fourth-order valence-electron chi connectivity index (χ4n) is 3.86. The van der Waals surface area contributed by atoms with E-state index in [0.717, 1.165) is 31.5 Å². The Morgan fingerprint density at radius 1 is 0.906 bits per heavy atom. The van der Waals surface area contributed by atoms with Crippen LogP contribution < -0.4 is 10.6 Å². The summed E-state index contributed by atoms with van der Waals surface area (Å²) in [5.74, 6) is -0.477. The van der Waals surface area contributed by atoms with Crippen molar-refractivity contribution in [3.05, 3.63) is 70.7 Å². The molecule has 2 aromatic rings. The van der Waals surface area contributed by atoms with Gasteiger partial charge in [0, 0.05) is 26.1 Å². The molecule has 0 spiro atoms. The predicted molar refractivity (Wildman–Crippen MR) is 125 cm³/mol. The number of benzene rings is 2. The van der Waals surface area contributed by atoms with Crippen molar-refractivity contribution in [1.82, 2.24) is 15.5 Å². The van der Waals surface area contributed by atoms with Crippen LogP contribution in [-0.2, 0) is 9.59 Å². The van der Waals surface area contributed by atoms with Gasteiger partial charge >= 0.3 is 0 Å². The predicted octanol–water partition coefficient (Wildman–Crippen LogP) is 4.11. The molecule has 1 atom stereocenters. The van der Waals surface area contributed by atoms with Gasteiger partial charge in [0.1, 0.15) is 0 Å². The second kappa shape index (κ2) is 12.2. The molecule has 3 amide bonds. The van der Waals surface area contributed by atoms with Crippen LogP contribution in [0.5, 0.6) is 0 Å². The molecule has 1 aliphatic rings. The molecule has 1 unspecified atom stereocenters. The fraction of sp³-hybridized carbons (Fsp3) is 0.400. The third-order valence-electron chi connectivity index (χ3n) is 5.64. The third kappa shape index (κ3) is 7.09. The Morgan fingerprint density at radius 3 is 2.25 bits per heavy atom. The highest BCUT2D eigenvalue weighted by Crippen LogP contribution is 2.20. The number of amides is 3. The third-order valence-corrected chi connectivity index (χ3v) is 5.96. The zero-order valence-corrected chi connectivity index (χ0v) is 18.9. The molecule has 170 valence electrons. The van der Waals surface area contributed by atoms with Crippen LogP contribution >= 0.6 is 11.6 Å². The van der Waals surface area contributed by atoms with Gasteiger partial charge in [-0.25, -0.2) is 0 Å². The SMILES string of the molecule is O=C(CC(NC(=O)c1ccccc1Cl)c1ccccc1)NCCC(=O)N1CCCCCC1. The fourth-order valence-corrected chi connectivity index (χ4v) is 4.09. The number of carbonyl (C=O) groups excluding carboxylic acids is 3. The molecule has 2 aromatic carbocycles. The maximum absolute atomic E-state index is 12.8. The van der Waals surface area contributed by atoms with Crippen LogP contribution in [-0.4, -0.2) is 42.3 Å². The molecule has 0 aromatic heterocycles. The monoisotopic (exact) mass is 455 g/mol. The van der Waals surface area contributed by atoms with Crippen LogP contribution in [0.25, 0.3) is 0 Å². The van der Waals surface area contributed by atoms with E-state index < -0.39 is 6.04 Å². The number of nitrogens with zero attached hydrogens (tertiary/aromatic N) is 1. The Hall–Kier alpha value is -2.86. The summed E-state index contributed by atoms with van der Waals surface area (Å²) in [6, 6.07) is 15.6. The van der Waals surface area contributed by atoms with E-state index in [1.54, 1.807) is 24.3 Å². The van der Waals surface area contributed by atoms with Gasteiger partial charge in [-0.05, 0) is 30.5 Å². The van der Waals surface area contributed by atoms with Gasteiger partial charge in [-0.3, -0.25) is 14.4 Å². The van der Waals surface area contributed by atoms with Gasteiger partial charge < -0.3 is 15.5 Å². The minimum atomic E-state index is -0.513. The maximum Gasteiger partial charge on any atom is 0.253 e. The van der Waals surface area contributed by atoms with Crippen molar-refractivity contribution in [2.45, 2.75) is 44.6 Å². The highest BCUT2D eigenvalue weighted by atomic mass is 35.5. The summed E-state index contributed by atoms with van der Waals surface area (Å²) < 4.78 is 0. The van der Waals surface area contributed by atoms with E-state index in [-0.39, 0.29) is 37.1 Å². The van der Waals surface area contributed by atoms with E-state index >= 15 is 0 Å².